The number of rotatable bonds is 6. The zero-order valence-corrected chi connectivity index (χ0v) is 16.2. The molecule has 0 radical (unpaired) electrons. The van der Waals surface area contributed by atoms with E-state index in [2.05, 4.69) is 36.2 Å². The van der Waals surface area contributed by atoms with E-state index in [0.29, 0.717) is 19.1 Å². The van der Waals surface area contributed by atoms with Crippen molar-refractivity contribution >= 4 is 16.7 Å². The van der Waals surface area contributed by atoms with E-state index < -0.39 is 0 Å². The summed E-state index contributed by atoms with van der Waals surface area (Å²) in [7, 11) is 5.67. The molecule has 1 amide bonds. The molecule has 2 aromatic carbocycles. The largest absolute Gasteiger partial charge is 0.497 e. The second kappa shape index (κ2) is 8.54. The average molecular weight is 354 g/mol. The minimum atomic E-state index is 0.188. The fourth-order valence-electron chi connectivity index (χ4n) is 3.85. The molecule has 1 aliphatic rings. The molecular formula is C22H30N2O2. The number of amides is 1. The molecular weight excluding hydrogens is 324 g/mol. The normalized spacial score (nSPS) is 15.4. The van der Waals surface area contributed by atoms with E-state index in [9.17, 15) is 4.79 Å². The highest BCUT2D eigenvalue weighted by molar-refractivity contribution is 5.84. The Balaban J connectivity index is 1.60. The summed E-state index contributed by atoms with van der Waals surface area (Å²) < 4.78 is 5.28. The molecule has 0 aliphatic heterocycles. The van der Waals surface area contributed by atoms with Crippen LogP contribution in [0.4, 0.5) is 0 Å². The first kappa shape index (κ1) is 18.7. The summed E-state index contributed by atoms with van der Waals surface area (Å²) in [6.07, 6.45) is 6.37. The Morgan fingerprint density at radius 3 is 2.46 bits per heavy atom. The summed E-state index contributed by atoms with van der Waals surface area (Å²) >= 11 is 0. The van der Waals surface area contributed by atoms with Crippen molar-refractivity contribution in [3.8, 4) is 5.75 Å². The maximum atomic E-state index is 12.6. The highest BCUT2D eigenvalue weighted by Gasteiger charge is 2.21. The lowest BCUT2D eigenvalue weighted by Crippen LogP contribution is -2.41. The van der Waals surface area contributed by atoms with Gasteiger partial charge in [-0.05, 0) is 54.4 Å². The monoisotopic (exact) mass is 354 g/mol. The summed E-state index contributed by atoms with van der Waals surface area (Å²) in [6, 6.07) is 13.0. The Kier molecular flexibility index (Phi) is 6.15. The molecule has 0 bridgehead atoms. The molecule has 0 atom stereocenters. The molecule has 0 heterocycles. The van der Waals surface area contributed by atoms with Crippen LogP contribution in [-0.4, -0.2) is 49.5 Å². The summed E-state index contributed by atoms with van der Waals surface area (Å²) in [5.41, 5.74) is 1.15. The summed E-state index contributed by atoms with van der Waals surface area (Å²) in [6.45, 7) is 1.14. The Hall–Kier alpha value is -2.07. The van der Waals surface area contributed by atoms with E-state index in [0.717, 1.165) is 16.7 Å². The van der Waals surface area contributed by atoms with Crippen molar-refractivity contribution in [2.45, 2.75) is 44.7 Å². The van der Waals surface area contributed by atoms with Crippen molar-refractivity contribution in [1.82, 2.24) is 9.80 Å². The highest BCUT2D eigenvalue weighted by Crippen LogP contribution is 2.23. The van der Waals surface area contributed by atoms with Crippen LogP contribution in [0.5, 0.6) is 5.75 Å². The lowest BCUT2D eigenvalue weighted by molar-refractivity contribution is -0.132. The minimum Gasteiger partial charge on any atom is -0.497 e. The first-order valence-corrected chi connectivity index (χ1v) is 9.57. The summed E-state index contributed by atoms with van der Waals surface area (Å²) in [5.74, 6) is 1.05. The van der Waals surface area contributed by atoms with Crippen LogP contribution >= 0.6 is 0 Å². The quantitative estimate of drug-likeness (QED) is 0.784. The van der Waals surface area contributed by atoms with Gasteiger partial charge in [0.05, 0.1) is 13.7 Å². The molecule has 0 aromatic heterocycles. The molecule has 3 rings (SSSR count). The third-order valence-corrected chi connectivity index (χ3v) is 5.54. The highest BCUT2D eigenvalue weighted by atomic mass is 16.5. The molecule has 1 saturated carbocycles. The van der Waals surface area contributed by atoms with Gasteiger partial charge in [-0.15, -0.1) is 0 Å². The van der Waals surface area contributed by atoms with Gasteiger partial charge in [0, 0.05) is 19.6 Å². The molecule has 0 unspecified atom stereocenters. The topological polar surface area (TPSA) is 32.8 Å². The molecule has 0 spiro atoms. The van der Waals surface area contributed by atoms with Crippen LogP contribution in [0, 0.1) is 0 Å². The number of hydrogen-bond donors (Lipinski definition) is 0. The van der Waals surface area contributed by atoms with Crippen molar-refractivity contribution in [1.29, 1.82) is 0 Å². The molecule has 2 aromatic rings. The standard InChI is InChI=1S/C22H30N2O2/c1-23(20-7-5-4-6-8-20)16-22(25)24(2)15-17-9-10-19-14-21(26-3)12-11-18(19)13-17/h9-14,20H,4-8,15-16H2,1-3H3. The van der Waals surface area contributed by atoms with Crippen LogP contribution in [-0.2, 0) is 11.3 Å². The van der Waals surface area contributed by atoms with Crippen LogP contribution in [0.1, 0.15) is 37.7 Å². The first-order chi connectivity index (χ1) is 12.6. The Morgan fingerprint density at radius 1 is 1.04 bits per heavy atom. The Bertz CT molecular complexity index is 753. The second-order valence-electron chi connectivity index (χ2n) is 7.50. The zero-order valence-electron chi connectivity index (χ0n) is 16.2. The van der Waals surface area contributed by atoms with Gasteiger partial charge < -0.3 is 9.64 Å². The summed E-state index contributed by atoms with van der Waals surface area (Å²) in [5, 5.41) is 2.32. The van der Waals surface area contributed by atoms with Crippen molar-refractivity contribution in [2.75, 3.05) is 27.7 Å². The van der Waals surface area contributed by atoms with Gasteiger partial charge in [0.25, 0.3) is 0 Å². The number of carbonyl (C=O) groups is 1. The third kappa shape index (κ3) is 4.55. The molecule has 140 valence electrons. The van der Waals surface area contributed by atoms with Crippen LogP contribution in [0.3, 0.4) is 0 Å². The summed E-state index contributed by atoms with van der Waals surface area (Å²) in [4.78, 5) is 16.7. The van der Waals surface area contributed by atoms with Crippen LogP contribution in [0.2, 0.25) is 0 Å². The smallest absolute Gasteiger partial charge is 0.236 e. The molecule has 0 saturated heterocycles. The molecule has 1 fully saturated rings. The molecule has 4 heteroatoms. The SMILES string of the molecule is COc1ccc2cc(CN(C)C(=O)CN(C)C3CCCCC3)ccc2c1. The van der Waals surface area contributed by atoms with Gasteiger partial charge in [0.15, 0.2) is 0 Å². The maximum absolute atomic E-state index is 12.6. The number of carbonyl (C=O) groups excluding carboxylic acids is 1. The number of nitrogens with zero attached hydrogens (tertiary/aromatic N) is 2. The molecule has 1 aliphatic carbocycles. The van der Waals surface area contributed by atoms with Gasteiger partial charge in [0.1, 0.15) is 5.75 Å². The average Bonchev–Trinajstić information content (AvgIpc) is 2.68. The van der Waals surface area contributed by atoms with E-state index in [1.54, 1.807) is 7.11 Å². The van der Waals surface area contributed by atoms with E-state index in [1.165, 1.54) is 37.5 Å². The fraction of sp³-hybridized carbons (Fsp3) is 0.500. The number of benzene rings is 2. The molecule has 0 N–H and O–H groups in total. The van der Waals surface area contributed by atoms with Gasteiger partial charge >= 0.3 is 0 Å². The number of likely N-dealkylation sites (N-methyl/N-ethyl adjacent to an activating group) is 2. The van der Waals surface area contributed by atoms with Gasteiger partial charge in [-0.1, -0.05) is 37.5 Å². The van der Waals surface area contributed by atoms with Crippen LogP contribution < -0.4 is 4.74 Å². The van der Waals surface area contributed by atoms with Crippen LogP contribution in [0.25, 0.3) is 10.8 Å². The predicted octanol–water partition coefficient (Wildman–Crippen LogP) is 4.07. The van der Waals surface area contributed by atoms with Gasteiger partial charge in [-0.3, -0.25) is 9.69 Å². The van der Waals surface area contributed by atoms with Crippen molar-refractivity contribution in [3.63, 3.8) is 0 Å². The Labute approximate surface area is 156 Å². The first-order valence-electron chi connectivity index (χ1n) is 9.57. The second-order valence-corrected chi connectivity index (χ2v) is 7.50. The van der Waals surface area contributed by atoms with E-state index in [-0.39, 0.29) is 5.91 Å². The maximum Gasteiger partial charge on any atom is 0.236 e. The van der Waals surface area contributed by atoms with Crippen molar-refractivity contribution in [2.24, 2.45) is 0 Å². The number of ether oxygens (including phenoxy) is 1. The van der Waals surface area contributed by atoms with Gasteiger partial charge in [-0.25, -0.2) is 0 Å². The number of fused-ring (bicyclic) bond motifs is 1. The van der Waals surface area contributed by atoms with Gasteiger partial charge in [-0.2, -0.15) is 0 Å². The fourth-order valence-corrected chi connectivity index (χ4v) is 3.85. The number of hydrogen-bond acceptors (Lipinski definition) is 3. The van der Waals surface area contributed by atoms with E-state index in [4.69, 9.17) is 4.74 Å². The van der Waals surface area contributed by atoms with Crippen molar-refractivity contribution < 1.29 is 9.53 Å². The zero-order chi connectivity index (χ0) is 18.5. The van der Waals surface area contributed by atoms with Gasteiger partial charge in [0.2, 0.25) is 5.91 Å². The minimum absolute atomic E-state index is 0.188. The molecule has 4 nitrogen and oxygen atoms in total. The van der Waals surface area contributed by atoms with Crippen molar-refractivity contribution in [3.05, 3.63) is 42.0 Å². The lowest BCUT2D eigenvalue weighted by Gasteiger charge is -2.31. The van der Waals surface area contributed by atoms with E-state index in [1.807, 2.05) is 24.1 Å². The van der Waals surface area contributed by atoms with E-state index >= 15 is 0 Å². The molecule has 26 heavy (non-hydrogen) atoms. The van der Waals surface area contributed by atoms with Crippen LogP contribution in [0.15, 0.2) is 36.4 Å². The predicted molar refractivity (Wildman–Crippen MR) is 106 cm³/mol. The lowest BCUT2D eigenvalue weighted by atomic mass is 9.94. The number of methoxy groups -OCH3 is 1. The third-order valence-electron chi connectivity index (χ3n) is 5.54. The Morgan fingerprint density at radius 2 is 1.73 bits per heavy atom.